The van der Waals surface area contributed by atoms with Crippen molar-refractivity contribution in [2.24, 2.45) is 0 Å². The first-order valence-corrected chi connectivity index (χ1v) is 7.96. The number of hydrogen-bond donors (Lipinski definition) is 3. The average Bonchev–Trinajstić information content (AvgIpc) is 2.60. The second-order valence-corrected chi connectivity index (χ2v) is 6.27. The van der Waals surface area contributed by atoms with Crippen LogP contribution in [-0.4, -0.2) is 65.5 Å². The van der Waals surface area contributed by atoms with Crippen LogP contribution in [0.1, 0.15) is 19.3 Å². The quantitative estimate of drug-likeness (QED) is 0.360. The van der Waals surface area contributed by atoms with Crippen LogP contribution in [0.5, 0.6) is 0 Å². The Morgan fingerprint density at radius 2 is 2.04 bits per heavy atom. The van der Waals surface area contributed by atoms with Gasteiger partial charge in [-0.1, -0.05) is 0 Å². The van der Waals surface area contributed by atoms with Gasteiger partial charge >= 0.3 is 22.6 Å². The Hall–Kier alpha value is -1.93. The maximum absolute atomic E-state index is 12.1. The van der Waals surface area contributed by atoms with Crippen molar-refractivity contribution in [2.45, 2.75) is 37.5 Å². The summed E-state index contributed by atoms with van der Waals surface area (Å²) in [7, 11) is -4.93. The zero-order chi connectivity index (χ0) is 18.3. The summed E-state index contributed by atoms with van der Waals surface area (Å²) in [5, 5.41) is 9.90. The van der Waals surface area contributed by atoms with Gasteiger partial charge in [0.05, 0.1) is 12.1 Å². The summed E-state index contributed by atoms with van der Waals surface area (Å²) in [6, 6.07) is -2.70. The number of alkyl halides is 3. The van der Waals surface area contributed by atoms with E-state index in [0.29, 0.717) is 5.06 Å². The molecule has 2 heterocycles. The summed E-state index contributed by atoms with van der Waals surface area (Å²) in [6.07, 6.45) is -6.23. The molecule has 136 valence electrons. The highest BCUT2D eigenvalue weighted by Gasteiger charge is 2.48. The fraction of sp³-hybridized carbons (Fsp3) is 0.700. The number of halogens is 3. The maximum Gasteiger partial charge on any atom is 0.418 e. The van der Waals surface area contributed by atoms with Gasteiger partial charge in [0.15, 0.2) is 0 Å². The van der Waals surface area contributed by atoms with E-state index in [0.717, 1.165) is 4.90 Å². The van der Waals surface area contributed by atoms with Crippen LogP contribution in [-0.2, 0) is 19.5 Å². The number of carbonyl (C=O) groups excluding carboxylic acids is 2. The number of amidine groups is 1. The summed E-state index contributed by atoms with van der Waals surface area (Å²) in [4.78, 5) is 24.3. The highest BCUT2D eigenvalue weighted by atomic mass is 32.3. The molecule has 2 aliphatic heterocycles. The molecule has 0 aromatic carbocycles. The molecule has 2 aliphatic rings. The average molecular weight is 374 g/mol. The minimum atomic E-state index is -4.93. The largest absolute Gasteiger partial charge is 0.418 e. The number of nitrogens with zero attached hydrogens (tertiary/aromatic N) is 2. The van der Waals surface area contributed by atoms with Crippen LogP contribution in [0.3, 0.4) is 0 Å². The van der Waals surface area contributed by atoms with E-state index in [1.54, 1.807) is 5.32 Å². The Balaban J connectivity index is 2.03. The molecule has 0 saturated carbocycles. The SMILES string of the molecule is N=C(NC(=O)CC(F)(F)F)C1CCC2CN1C(=O)N2OS(=O)(=O)O. The van der Waals surface area contributed by atoms with Gasteiger partial charge in [0.1, 0.15) is 12.3 Å². The van der Waals surface area contributed by atoms with Crippen molar-refractivity contribution in [3.8, 4) is 0 Å². The van der Waals surface area contributed by atoms with Gasteiger partial charge in [0.25, 0.3) is 0 Å². The van der Waals surface area contributed by atoms with Crippen LogP contribution in [0.4, 0.5) is 18.0 Å². The van der Waals surface area contributed by atoms with Crippen molar-refractivity contribution < 1.29 is 40.0 Å². The third kappa shape index (κ3) is 4.33. The smallest absolute Gasteiger partial charge is 0.313 e. The van der Waals surface area contributed by atoms with Gasteiger partial charge in [0, 0.05) is 6.54 Å². The molecule has 3 amide bonds. The maximum atomic E-state index is 12.1. The summed E-state index contributed by atoms with van der Waals surface area (Å²) >= 11 is 0. The Morgan fingerprint density at radius 1 is 1.42 bits per heavy atom. The molecule has 0 aromatic heterocycles. The van der Waals surface area contributed by atoms with E-state index in [9.17, 15) is 31.2 Å². The molecule has 3 N–H and O–H groups in total. The first-order valence-electron chi connectivity index (χ1n) is 6.59. The highest BCUT2D eigenvalue weighted by molar-refractivity contribution is 7.80. The fourth-order valence-electron chi connectivity index (χ4n) is 2.59. The summed E-state index contributed by atoms with van der Waals surface area (Å²) < 4.78 is 70.6. The molecule has 0 radical (unpaired) electrons. The number of hydroxylamine groups is 2. The zero-order valence-electron chi connectivity index (χ0n) is 11.9. The molecule has 14 heteroatoms. The van der Waals surface area contributed by atoms with E-state index < -0.39 is 52.9 Å². The molecule has 2 bridgehead atoms. The topological polar surface area (TPSA) is 140 Å². The number of hydrogen-bond acceptors (Lipinski definition) is 6. The molecule has 2 rings (SSSR count). The molecule has 2 fully saturated rings. The lowest BCUT2D eigenvalue weighted by Gasteiger charge is -2.30. The Morgan fingerprint density at radius 3 is 2.58 bits per heavy atom. The van der Waals surface area contributed by atoms with E-state index in [4.69, 9.17) is 9.96 Å². The first-order chi connectivity index (χ1) is 10.9. The molecule has 2 atom stereocenters. The van der Waals surface area contributed by atoms with E-state index in [-0.39, 0.29) is 19.4 Å². The number of piperidine rings is 1. The van der Waals surface area contributed by atoms with Gasteiger partial charge in [0.2, 0.25) is 5.91 Å². The predicted molar refractivity (Wildman–Crippen MR) is 69.9 cm³/mol. The van der Waals surface area contributed by atoms with E-state index >= 15 is 0 Å². The Labute approximate surface area is 133 Å². The van der Waals surface area contributed by atoms with E-state index in [2.05, 4.69) is 4.28 Å². The van der Waals surface area contributed by atoms with Crippen LogP contribution in [0, 0.1) is 5.41 Å². The summed E-state index contributed by atoms with van der Waals surface area (Å²) in [5.74, 6) is -2.04. The Bertz CT molecular complexity index is 666. The second kappa shape index (κ2) is 6.18. The second-order valence-electron chi connectivity index (χ2n) is 5.26. The third-order valence-electron chi connectivity index (χ3n) is 3.47. The van der Waals surface area contributed by atoms with Gasteiger partial charge in [-0.2, -0.15) is 26.7 Å². The van der Waals surface area contributed by atoms with Crippen molar-refractivity contribution in [2.75, 3.05) is 6.54 Å². The van der Waals surface area contributed by atoms with Crippen molar-refractivity contribution in [3.05, 3.63) is 0 Å². The lowest BCUT2D eigenvalue weighted by molar-refractivity contribution is -0.152. The fourth-order valence-corrected chi connectivity index (χ4v) is 2.98. The molecule has 0 aliphatic carbocycles. The molecule has 2 saturated heterocycles. The van der Waals surface area contributed by atoms with Crippen LogP contribution in [0.2, 0.25) is 0 Å². The minimum Gasteiger partial charge on any atom is -0.313 e. The van der Waals surface area contributed by atoms with E-state index in [1.165, 1.54) is 0 Å². The van der Waals surface area contributed by atoms with Crippen molar-refractivity contribution in [1.29, 1.82) is 5.41 Å². The van der Waals surface area contributed by atoms with Gasteiger partial charge in [-0.05, 0) is 12.8 Å². The number of amides is 3. The monoisotopic (exact) mass is 374 g/mol. The van der Waals surface area contributed by atoms with Crippen molar-refractivity contribution in [3.63, 3.8) is 0 Å². The van der Waals surface area contributed by atoms with Gasteiger partial charge in [-0.15, -0.1) is 4.28 Å². The molecular formula is C10H13F3N4O6S. The number of urea groups is 1. The van der Waals surface area contributed by atoms with Crippen LogP contribution in [0.15, 0.2) is 0 Å². The lowest BCUT2D eigenvalue weighted by Crippen LogP contribution is -2.51. The molecule has 10 nitrogen and oxygen atoms in total. The minimum absolute atomic E-state index is 0.0590. The van der Waals surface area contributed by atoms with Crippen LogP contribution in [0.25, 0.3) is 0 Å². The van der Waals surface area contributed by atoms with Gasteiger partial charge in [-0.25, -0.2) is 4.79 Å². The highest BCUT2D eigenvalue weighted by Crippen LogP contribution is 2.30. The van der Waals surface area contributed by atoms with Crippen LogP contribution >= 0.6 is 0 Å². The molecular weight excluding hydrogens is 361 g/mol. The Kier molecular flexibility index (Phi) is 4.74. The normalized spacial score (nSPS) is 24.2. The standard InChI is InChI=1S/C10H13F3N4O6S/c11-10(12,13)3-7(18)15-8(14)6-2-1-5-4-16(6)9(19)17(5)23-24(20,21)22/h5-6H,1-4H2,(H2,14,15,18)(H,20,21,22). The number of rotatable bonds is 4. The van der Waals surface area contributed by atoms with Gasteiger partial charge < -0.3 is 10.2 Å². The lowest BCUT2D eigenvalue weighted by atomic mass is 10.00. The van der Waals surface area contributed by atoms with Crippen LogP contribution < -0.4 is 5.32 Å². The van der Waals surface area contributed by atoms with Crippen molar-refractivity contribution in [1.82, 2.24) is 15.3 Å². The summed E-state index contributed by atoms with van der Waals surface area (Å²) in [6.45, 7) is -0.0590. The number of nitrogens with one attached hydrogen (secondary N) is 2. The summed E-state index contributed by atoms with van der Waals surface area (Å²) in [5.41, 5.74) is 0. The van der Waals surface area contributed by atoms with Crippen molar-refractivity contribution >= 4 is 28.2 Å². The third-order valence-corrected chi connectivity index (χ3v) is 3.81. The number of fused-ring (bicyclic) bond motifs is 2. The van der Waals surface area contributed by atoms with Gasteiger partial charge in [-0.3, -0.25) is 14.8 Å². The molecule has 24 heavy (non-hydrogen) atoms. The number of carbonyl (C=O) groups is 2. The predicted octanol–water partition coefficient (Wildman–Crippen LogP) is 0.0353. The molecule has 0 spiro atoms. The zero-order valence-corrected chi connectivity index (χ0v) is 12.7. The molecule has 2 unspecified atom stereocenters. The van der Waals surface area contributed by atoms with E-state index in [1.807, 2.05) is 0 Å². The first kappa shape index (κ1) is 18.4. The molecule has 0 aromatic rings.